The number of amides is 1. The van der Waals surface area contributed by atoms with Crippen molar-refractivity contribution in [3.8, 4) is 11.5 Å². The smallest absolute Gasteiger partial charge is 0.334 e. The van der Waals surface area contributed by atoms with Gasteiger partial charge in [0.25, 0.3) is 0 Å². The van der Waals surface area contributed by atoms with Crippen molar-refractivity contribution in [2.45, 2.75) is 72.5 Å². The molecule has 3 N–H and O–H groups in total. The number of benzene rings is 1. The monoisotopic (exact) mass is 535 g/mol. The molecule has 1 aromatic carbocycles. The summed E-state index contributed by atoms with van der Waals surface area (Å²) in [6.45, 7) is 9.03. The average Bonchev–Trinajstić information content (AvgIpc) is 2.86. The molecule has 0 aromatic heterocycles. The zero-order valence-corrected chi connectivity index (χ0v) is 23.1. The van der Waals surface area contributed by atoms with E-state index in [1.807, 2.05) is 26.8 Å². The van der Waals surface area contributed by atoms with E-state index in [4.69, 9.17) is 9.47 Å². The molecule has 3 atom stereocenters. The number of ketones is 1. The summed E-state index contributed by atoms with van der Waals surface area (Å²) in [6, 6.07) is 2.88. The summed E-state index contributed by atoms with van der Waals surface area (Å²) >= 11 is 0. The number of phenolic OH excluding ortho intramolecular Hbond substituents is 1. The quantitative estimate of drug-likeness (QED) is 0.336. The Morgan fingerprint density at radius 1 is 1.10 bits per heavy atom. The molecule has 2 aliphatic heterocycles. The van der Waals surface area contributed by atoms with E-state index in [1.165, 1.54) is 31.2 Å². The number of aromatic hydroxyl groups is 1. The van der Waals surface area contributed by atoms with Crippen molar-refractivity contribution in [3.05, 3.63) is 70.6 Å². The van der Waals surface area contributed by atoms with Gasteiger partial charge in [-0.1, -0.05) is 30.7 Å². The average molecular weight is 536 g/mol. The van der Waals surface area contributed by atoms with Crippen LogP contribution in [0, 0.1) is 5.92 Å². The molecule has 39 heavy (non-hydrogen) atoms. The summed E-state index contributed by atoms with van der Waals surface area (Å²) in [5, 5.41) is 23.7. The lowest BCUT2D eigenvalue weighted by Gasteiger charge is -2.22. The van der Waals surface area contributed by atoms with Crippen LogP contribution in [0.3, 0.4) is 0 Å². The van der Waals surface area contributed by atoms with E-state index in [1.54, 1.807) is 25.2 Å². The van der Waals surface area contributed by atoms with Crippen LogP contribution in [0.4, 0.5) is 5.69 Å². The van der Waals surface area contributed by atoms with Crippen molar-refractivity contribution in [3.63, 3.8) is 0 Å². The molecule has 0 spiro atoms. The second-order valence-corrected chi connectivity index (χ2v) is 10.2. The number of ether oxygens (including phenoxy) is 2. The van der Waals surface area contributed by atoms with Crippen LogP contribution in [0.1, 0.15) is 65.9 Å². The predicted octanol–water partition coefficient (Wildman–Crippen LogP) is 5.53. The number of fused-ring (bicyclic) bond motifs is 1. The van der Waals surface area contributed by atoms with Gasteiger partial charge in [-0.3, -0.25) is 9.59 Å². The second-order valence-electron chi connectivity index (χ2n) is 10.2. The van der Waals surface area contributed by atoms with E-state index in [0.29, 0.717) is 29.1 Å². The number of phenols is 1. The van der Waals surface area contributed by atoms with Crippen LogP contribution in [0.25, 0.3) is 6.08 Å². The molecule has 8 nitrogen and oxygen atoms in total. The maximum atomic E-state index is 12.8. The first-order chi connectivity index (χ1) is 18.5. The van der Waals surface area contributed by atoms with Crippen molar-refractivity contribution in [1.29, 1.82) is 0 Å². The largest absolute Gasteiger partial charge is 0.508 e. The highest BCUT2D eigenvalue weighted by atomic mass is 16.6. The van der Waals surface area contributed by atoms with Crippen LogP contribution >= 0.6 is 0 Å². The Bertz CT molecular complexity index is 1280. The minimum atomic E-state index is -1.08. The fourth-order valence-corrected chi connectivity index (χ4v) is 4.23. The number of hydrogen-bond donors (Lipinski definition) is 3. The summed E-state index contributed by atoms with van der Waals surface area (Å²) in [6.07, 6.45) is 9.25. The zero-order valence-electron chi connectivity index (χ0n) is 23.1. The Labute approximate surface area is 229 Å². The number of carbonyl (C=O) groups is 3. The number of anilines is 1. The molecule has 2 bridgehead atoms. The Hall–Kier alpha value is -3.91. The summed E-state index contributed by atoms with van der Waals surface area (Å²) < 4.78 is 11.6. The molecular formula is C31H37NO7. The molecule has 0 saturated carbocycles. The lowest BCUT2D eigenvalue weighted by Crippen LogP contribution is -2.29. The van der Waals surface area contributed by atoms with Crippen LogP contribution in [0.15, 0.2) is 65.0 Å². The third kappa shape index (κ3) is 8.29. The van der Waals surface area contributed by atoms with E-state index in [-0.39, 0.29) is 41.6 Å². The Balaban J connectivity index is 2.00. The third-order valence-corrected chi connectivity index (χ3v) is 6.50. The molecular weight excluding hydrogens is 498 g/mol. The lowest BCUT2D eigenvalue weighted by molar-refractivity contribution is -0.145. The maximum Gasteiger partial charge on any atom is 0.334 e. The van der Waals surface area contributed by atoms with Gasteiger partial charge in [-0.05, 0) is 70.2 Å². The van der Waals surface area contributed by atoms with Crippen LogP contribution in [0.5, 0.6) is 11.5 Å². The molecule has 1 amide bonds. The van der Waals surface area contributed by atoms with Crippen molar-refractivity contribution in [1.82, 2.24) is 0 Å². The molecule has 208 valence electrons. The van der Waals surface area contributed by atoms with Crippen molar-refractivity contribution < 1.29 is 34.1 Å². The molecule has 0 aliphatic carbocycles. The Kier molecular flexibility index (Phi) is 10.1. The topological polar surface area (TPSA) is 122 Å². The van der Waals surface area contributed by atoms with Gasteiger partial charge >= 0.3 is 5.97 Å². The first kappa shape index (κ1) is 29.6. The van der Waals surface area contributed by atoms with Crippen LogP contribution in [0.2, 0.25) is 0 Å². The first-order valence-corrected chi connectivity index (χ1v) is 13.1. The number of carbonyl (C=O) groups excluding carboxylic acids is 3. The SMILES string of the molecule is CC[C@H]1C=C[C@H](O)[C@@H](C=C(C)C)OC(=O)/C(C)=C\CC(=O)Nc2cc(O)cc3c2O/C(=C/C(=O)CC1)C(C)=C3. The predicted molar refractivity (Wildman–Crippen MR) is 150 cm³/mol. The summed E-state index contributed by atoms with van der Waals surface area (Å²) in [4.78, 5) is 38.4. The highest BCUT2D eigenvalue weighted by Crippen LogP contribution is 2.40. The molecule has 0 unspecified atom stereocenters. The minimum Gasteiger partial charge on any atom is -0.508 e. The Morgan fingerprint density at radius 2 is 1.85 bits per heavy atom. The van der Waals surface area contributed by atoms with Gasteiger partial charge in [-0.15, -0.1) is 0 Å². The minimum absolute atomic E-state index is 0.0340. The van der Waals surface area contributed by atoms with Crippen molar-refractivity contribution in [2.75, 3.05) is 5.32 Å². The standard InChI is InChI=1S/C31H37NO7/c1-6-21-8-10-23(33)17-27-20(5)14-22-15-24(34)16-25(30(22)38-27)32-29(36)12-7-19(4)31(37)39-28(13-18(2)3)26(35)11-9-21/h7,9,11,13-17,21,26,28,34-35H,6,8,10,12H2,1-5H3,(H,32,36)/b11-9?,19-7-,27-17+/t21-,26+,28-/m1/s1. The van der Waals surface area contributed by atoms with E-state index < -0.39 is 24.1 Å². The van der Waals surface area contributed by atoms with E-state index in [2.05, 4.69) is 5.32 Å². The van der Waals surface area contributed by atoms with Crippen LogP contribution < -0.4 is 10.1 Å². The molecule has 2 heterocycles. The van der Waals surface area contributed by atoms with Gasteiger partial charge in [-0.2, -0.15) is 0 Å². The van der Waals surface area contributed by atoms with Gasteiger partial charge in [0.15, 0.2) is 11.5 Å². The second kappa shape index (κ2) is 13.2. The van der Waals surface area contributed by atoms with E-state index >= 15 is 0 Å². The van der Waals surface area contributed by atoms with Crippen molar-refractivity contribution in [2.24, 2.45) is 5.92 Å². The highest BCUT2D eigenvalue weighted by molar-refractivity contribution is 5.97. The summed E-state index contributed by atoms with van der Waals surface area (Å²) in [5.74, 6) is -0.574. The number of aliphatic hydroxyl groups excluding tert-OH is 1. The number of nitrogens with one attached hydrogen (secondary N) is 1. The van der Waals surface area contributed by atoms with Gasteiger partial charge in [-0.25, -0.2) is 4.79 Å². The number of hydrogen-bond acceptors (Lipinski definition) is 7. The van der Waals surface area contributed by atoms with E-state index in [9.17, 15) is 24.6 Å². The molecule has 8 heteroatoms. The van der Waals surface area contributed by atoms with Crippen LogP contribution in [-0.4, -0.2) is 40.1 Å². The molecule has 2 aliphatic rings. The van der Waals surface area contributed by atoms with Gasteiger partial charge in [0.2, 0.25) is 5.91 Å². The van der Waals surface area contributed by atoms with Crippen molar-refractivity contribution >= 4 is 29.4 Å². The van der Waals surface area contributed by atoms with E-state index in [0.717, 1.165) is 12.0 Å². The number of allylic oxidation sites excluding steroid dienone is 4. The fraction of sp³-hybridized carbons (Fsp3) is 0.387. The zero-order chi connectivity index (χ0) is 28.7. The highest BCUT2D eigenvalue weighted by Gasteiger charge is 2.23. The summed E-state index contributed by atoms with van der Waals surface area (Å²) in [5.41, 5.74) is 2.59. The molecule has 0 saturated heterocycles. The normalized spacial score (nSPS) is 25.5. The van der Waals surface area contributed by atoms with Gasteiger partial charge in [0.05, 0.1) is 5.69 Å². The van der Waals surface area contributed by atoms with Gasteiger partial charge < -0.3 is 25.0 Å². The number of aliphatic hydroxyl groups is 1. The Morgan fingerprint density at radius 3 is 2.54 bits per heavy atom. The summed E-state index contributed by atoms with van der Waals surface area (Å²) in [7, 11) is 0. The molecule has 0 radical (unpaired) electrons. The maximum absolute atomic E-state index is 12.8. The molecule has 1 aromatic rings. The first-order valence-electron chi connectivity index (χ1n) is 13.1. The number of cyclic esters (lactones) is 1. The lowest BCUT2D eigenvalue weighted by atomic mass is 9.96. The third-order valence-electron chi connectivity index (χ3n) is 6.50. The van der Waals surface area contributed by atoms with Gasteiger partial charge in [0, 0.05) is 36.1 Å². The van der Waals surface area contributed by atoms with Crippen LogP contribution in [-0.2, 0) is 19.1 Å². The molecule has 3 rings (SSSR count). The molecule has 0 fully saturated rings. The number of esters is 1. The fourth-order valence-electron chi connectivity index (χ4n) is 4.23. The van der Waals surface area contributed by atoms with Gasteiger partial charge in [0.1, 0.15) is 23.7 Å². The number of rotatable bonds is 2.